The minimum Gasteiger partial charge on any atom is -0.384 e. The molecule has 0 radical (unpaired) electrons. The smallest absolute Gasteiger partial charge is 0.268 e. The summed E-state index contributed by atoms with van der Waals surface area (Å²) in [5.41, 5.74) is 2.38. The molecule has 0 spiro atoms. The van der Waals surface area contributed by atoms with Crippen LogP contribution in [0.3, 0.4) is 0 Å². The van der Waals surface area contributed by atoms with Gasteiger partial charge in [0.05, 0.1) is 9.92 Å². The number of nitrogens with one attached hydrogen (secondary N) is 3. The summed E-state index contributed by atoms with van der Waals surface area (Å²) in [6.45, 7) is 0.891. The number of aromatic nitrogens is 3. The van der Waals surface area contributed by atoms with Gasteiger partial charge in [0, 0.05) is 29.5 Å². The fourth-order valence-corrected chi connectivity index (χ4v) is 5.11. The molecule has 4 aromatic rings. The van der Waals surface area contributed by atoms with E-state index in [1.54, 1.807) is 0 Å². The SMILES string of the molecule is O=c1[nH]c2nc(Nc3ccc4c(c3)CCN4)ncc2cc1S(=O)(=O)c1ccc(F)c(Cl)c1. The number of rotatable bonds is 4. The number of benzene rings is 2. The molecular formula is C21H15ClFN5O3S. The quantitative estimate of drug-likeness (QED) is 0.389. The van der Waals surface area contributed by atoms with E-state index in [0.29, 0.717) is 5.39 Å². The molecule has 0 atom stereocenters. The Bertz CT molecular complexity index is 1560. The van der Waals surface area contributed by atoms with Crippen LogP contribution in [0.4, 0.5) is 21.7 Å². The summed E-state index contributed by atoms with van der Waals surface area (Å²) in [6.07, 6.45) is 2.33. The van der Waals surface area contributed by atoms with Gasteiger partial charge < -0.3 is 15.6 Å². The van der Waals surface area contributed by atoms with Crippen molar-refractivity contribution in [3.63, 3.8) is 0 Å². The Hall–Kier alpha value is -3.50. The van der Waals surface area contributed by atoms with Crippen LogP contribution < -0.4 is 16.2 Å². The highest BCUT2D eigenvalue weighted by molar-refractivity contribution is 7.91. The molecule has 3 heterocycles. The van der Waals surface area contributed by atoms with Crippen molar-refractivity contribution in [2.75, 3.05) is 17.2 Å². The first-order valence-corrected chi connectivity index (χ1v) is 11.4. The van der Waals surface area contributed by atoms with E-state index in [4.69, 9.17) is 11.6 Å². The van der Waals surface area contributed by atoms with Crippen molar-refractivity contribution in [2.45, 2.75) is 16.2 Å². The van der Waals surface area contributed by atoms with E-state index in [1.165, 1.54) is 17.8 Å². The zero-order valence-corrected chi connectivity index (χ0v) is 17.9. The lowest BCUT2D eigenvalue weighted by Crippen LogP contribution is -2.18. The summed E-state index contributed by atoms with van der Waals surface area (Å²) in [7, 11) is -4.24. The van der Waals surface area contributed by atoms with Gasteiger partial charge in [0.15, 0.2) is 0 Å². The van der Waals surface area contributed by atoms with Crippen molar-refractivity contribution in [3.05, 3.63) is 75.4 Å². The van der Waals surface area contributed by atoms with Gasteiger partial charge in [-0.2, -0.15) is 4.98 Å². The third-order valence-corrected chi connectivity index (χ3v) is 7.17. The molecule has 8 nitrogen and oxygen atoms in total. The molecule has 11 heteroatoms. The average molecular weight is 472 g/mol. The monoisotopic (exact) mass is 471 g/mol. The van der Waals surface area contributed by atoms with Gasteiger partial charge in [-0.15, -0.1) is 0 Å². The number of halogens is 2. The number of aromatic amines is 1. The van der Waals surface area contributed by atoms with Gasteiger partial charge in [0.1, 0.15) is 16.4 Å². The topological polar surface area (TPSA) is 117 Å². The van der Waals surface area contributed by atoms with Gasteiger partial charge in [-0.05, 0) is 54.4 Å². The predicted octanol–water partition coefficient (Wildman–Crippen LogP) is 3.66. The van der Waals surface area contributed by atoms with Crippen LogP contribution in [0.2, 0.25) is 5.02 Å². The molecule has 0 aliphatic carbocycles. The number of nitrogens with zero attached hydrogens (tertiary/aromatic N) is 2. The van der Waals surface area contributed by atoms with Crippen LogP contribution in [0.5, 0.6) is 0 Å². The van der Waals surface area contributed by atoms with E-state index in [0.717, 1.165) is 42.5 Å². The second-order valence-corrected chi connectivity index (χ2v) is 9.54. The molecule has 1 aliphatic rings. The molecule has 3 N–H and O–H groups in total. The minimum absolute atomic E-state index is 0.173. The molecule has 0 fully saturated rings. The first-order valence-electron chi connectivity index (χ1n) is 9.55. The van der Waals surface area contributed by atoms with E-state index in [2.05, 4.69) is 25.6 Å². The number of fused-ring (bicyclic) bond motifs is 2. The Morgan fingerprint density at radius 3 is 2.78 bits per heavy atom. The third kappa shape index (κ3) is 3.57. The summed E-state index contributed by atoms with van der Waals surface area (Å²) in [5.74, 6) is -0.508. The lowest BCUT2D eigenvalue weighted by Gasteiger charge is -2.09. The van der Waals surface area contributed by atoms with Gasteiger partial charge in [-0.1, -0.05) is 11.6 Å². The lowest BCUT2D eigenvalue weighted by molar-refractivity contribution is 0.593. The highest BCUT2D eigenvalue weighted by Crippen LogP contribution is 2.27. The average Bonchev–Trinajstić information content (AvgIpc) is 3.23. The number of hydrogen-bond acceptors (Lipinski definition) is 7. The second kappa shape index (κ2) is 7.57. The van der Waals surface area contributed by atoms with Gasteiger partial charge in [-0.25, -0.2) is 17.8 Å². The number of hydrogen-bond donors (Lipinski definition) is 3. The Kier molecular flexibility index (Phi) is 4.83. The first kappa shape index (κ1) is 20.4. The summed E-state index contributed by atoms with van der Waals surface area (Å²) in [4.78, 5) is 22.8. The zero-order chi connectivity index (χ0) is 22.5. The Morgan fingerprint density at radius 2 is 1.97 bits per heavy atom. The van der Waals surface area contributed by atoms with Crippen molar-refractivity contribution in [1.82, 2.24) is 15.0 Å². The van der Waals surface area contributed by atoms with Gasteiger partial charge in [-0.3, -0.25) is 4.79 Å². The molecule has 0 amide bonds. The molecule has 0 bridgehead atoms. The Balaban J connectivity index is 1.50. The third-order valence-electron chi connectivity index (χ3n) is 5.12. The highest BCUT2D eigenvalue weighted by Gasteiger charge is 2.23. The normalized spacial score (nSPS) is 13.1. The molecular weight excluding hydrogens is 457 g/mol. The largest absolute Gasteiger partial charge is 0.384 e. The van der Waals surface area contributed by atoms with Gasteiger partial charge >= 0.3 is 0 Å². The highest BCUT2D eigenvalue weighted by atomic mass is 35.5. The maximum atomic E-state index is 13.4. The van der Waals surface area contributed by atoms with Gasteiger partial charge in [0.25, 0.3) is 5.56 Å². The fourth-order valence-electron chi connectivity index (χ4n) is 3.52. The molecule has 162 valence electrons. The van der Waals surface area contributed by atoms with Crippen LogP contribution in [0.1, 0.15) is 5.56 Å². The fraction of sp³-hybridized carbons (Fsp3) is 0.0952. The maximum absolute atomic E-state index is 13.4. The maximum Gasteiger partial charge on any atom is 0.268 e. The van der Waals surface area contributed by atoms with E-state index >= 15 is 0 Å². The van der Waals surface area contributed by atoms with Crippen molar-refractivity contribution in [3.8, 4) is 0 Å². The van der Waals surface area contributed by atoms with Crippen molar-refractivity contribution >= 4 is 49.8 Å². The molecule has 2 aromatic heterocycles. The molecule has 32 heavy (non-hydrogen) atoms. The zero-order valence-electron chi connectivity index (χ0n) is 16.3. The Labute approximate surface area is 186 Å². The standard InChI is InChI=1S/C21H15ClFN5O3S/c22-15-9-14(2-3-16(15)23)32(30,31)18-8-12-10-25-21(28-19(12)27-20(18)29)26-13-1-4-17-11(7-13)5-6-24-17/h1-4,7-10,24H,5-6H2,(H2,25,26,27,28,29). The minimum atomic E-state index is -4.24. The van der Waals surface area contributed by atoms with E-state index in [1.807, 2.05) is 18.2 Å². The number of H-pyrrole nitrogens is 1. The van der Waals surface area contributed by atoms with Crippen molar-refractivity contribution in [2.24, 2.45) is 0 Å². The van der Waals surface area contributed by atoms with Crippen LogP contribution in [0, 0.1) is 5.82 Å². The lowest BCUT2D eigenvalue weighted by atomic mass is 10.1. The van der Waals surface area contributed by atoms with Crippen LogP contribution in [-0.4, -0.2) is 29.9 Å². The molecule has 0 saturated heterocycles. The number of sulfone groups is 1. The van der Waals surface area contributed by atoms with Gasteiger partial charge in [0.2, 0.25) is 15.8 Å². The van der Waals surface area contributed by atoms with Crippen LogP contribution in [0.15, 0.2) is 63.2 Å². The van der Waals surface area contributed by atoms with E-state index in [-0.39, 0.29) is 21.5 Å². The number of anilines is 3. The summed E-state index contributed by atoms with van der Waals surface area (Å²) >= 11 is 5.70. The van der Waals surface area contributed by atoms with E-state index in [9.17, 15) is 17.6 Å². The van der Waals surface area contributed by atoms with Crippen LogP contribution >= 0.6 is 11.6 Å². The predicted molar refractivity (Wildman–Crippen MR) is 119 cm³/mol. The van der Waals surface area contributed by atoms with Crippen molar-refractivity contribution in [1.29, 1.82) is 0 Å². The second-order valence-electron chi connectivity index (χ2n) is 7.21. The summed E-state index contributed by atoms with van der Waals surface area (Å²) in [5, 5.41) is 6.33. The van der Waals surface area contributed by atoms with Crippen LogP contribution in [-0.2, 0) is 16.3 Å². The van der Waals surface area contributed by atoms with Crippen molar-refractivity contribution < 1.29 is 12.8 Å². The molecule has 2 aromatic carbocycles. The van der Waals surface area contributed by atoms with Crippen LogP contribution in [0.25, 0.3) is 11.0 Å². The first-order chi connectivity index (χ1) is 15.3. The molecule has 0 unspecified atom stereocenters. The Morgan fingerprint density at radius 1 is 1.12 bits per heavy atom. The molecule has 0 saturated carbocycles. The number of pyridine rings is 1. The summed E-state index contributed by atoms with van der Waals surface area (Å²) in [6, 6.07) is 9.98. The molecule has 5 rings (SSSR count). The summed E-state index contributed by atoms with van der Waals surface area (Å²) < 4.78 is 39.2. The molecule has 1 aliphatic heterocycles. The van der Waals surface area contributed by atoms with E-state index < -0.39 is 26.1 Å².